The van der Waals surface area contributed by atoms with Crippen molar-refractivity contribution < 1.29 is 9.59 Å². The van der Waals surface area contributed by atoms with Crippen molar-refractivity contribution in [2.24, 2.45) is 0 Å². The van der Waals surface area contributed by atoms with Crippen LogP contribution in [-0.4, -0.2) is 43.4 Å². The van der Waals surface area contributed by atoms with E-state index in [1.54, 1.807) is 7.05 Å². The van der Waals surface area contributed by atoms with Crippen LogP contribution >= 0.6 is 0 Å². The van der Waals surface area contributed by atoms with Crippen molar-refractivity contribution in [3.05, 3.63) is 35.4 Å². The predicted molar refractivity (Wildman–Crippen MR) is 77.2 cm³/mol. The molecule has 1 unspecified atom stereocenters. The largest absolute Gasteiger partial charge is 0.355 e. The number of rotatable bonds is 4. The molecule has 0 fully saturated rings. The number of benzene rings is 1. The Labute approximate surface area is 119 Å². The molecule has 0 bridgehead atoms. The molecule has 5 heteroatoms. The molecule has 1 aliphatic heterocycles. The minimum absolute atomic E-state index is 0.0663. The standard InChI is InChI=1S/C15H21N3O2/c1-3-16-13(19)10-18(2)15(20)14-12-7-5-4-6-11(12)8-9-17-14/h4-7,14,17H,3,8-10H2,1-2H3,(H,16,19). The predicted octanol–water partition coefficient (Wildman–Crippen LogP) is 0.468. The molecule has 0 aromatic heterocycles. The summed E-state index contributed by atoms with van der Waals surface area (Å²) in [5.41, 5.74) is 2.22. The summed E-state index contributed by atoms with van der Waals surface area (Å²) in [6, 6.07) is 7.61. The summed E-state index contributed by atoms with van der Waals surface area (Å²) in [5, 5.41) is 5.94. The minimum Gasteiger partial charge on any atom is -0.355 e. The van der Waals surface area contributed by atoms with Gasteiger partial charge in [0.25, 0.3) is 0 Å². The average Bonchev–Trinajstić information content (AvgIpc) is 2.46. The van der Waals surface area contributed by atoms with Crippen LogP contribution < -0.4 is 10.6 Å². The van der Waals surface area contributed by atoms with Gasteiger partial charge < -0.3 is 15.5 Å². The third-order valence-corrected chi connectivity index (χ3v) is 3.49. The van der Waals surface area contributed by atoms with E-state index in [0.717, 1.165) is 18.5 Å². The van der Waals surface area contributed by atoms with Gasteiger partial charge >= 0.3 is 0 Å². The van der Waals surface area contributed by atoms with Gasteiger partial charge in [-0.15, -0.1) is 0 Å². The second kappa shape index (κ2) is 6.52. The first kappa shape index (κ1) is 14.5. The van der Waals surface area contributed by atoms with Gasteiger partial charge in [0.2, 0.25) is 11.8 Å². The highest BCUT2D eigenvalue weighted by Crippen LogP contribution is 2.23. The highest BCUT2D eigenvalue weighted by atomic mass is 16.2. The van der Waals surface area contributed by atoms with Gasteiger partial charge in [0.1, 0.15) is 6.04 Å². The Morgan fingerprint density at radius 1 is 1.40 bits per heavy atom. The Bertz CT molecular complexity index is 502. The molecular formula is C15H21N3O2. The first-order chi connectivity index (χ1) is 9.63. The van der Waals surface area contributed by atoms with Gasteiger partial charge in [-0.2, -0.15) is 0 Å². The summed E-state index contributed by atoms with van der Waals surface area (Å²) < 4.78 is 0. The van der Waals surface area contributed by atoms with Crippen LogP contribution in [0.5, 0.6) is 0 Å². The Morgan fingerprint density at radius 3 is 2.90 bits per heavy atom. The van der Waals surface area contributed by atoms with Gasteiger partial charge in [-0.05, 0) is 24.5 Å². The maximum absolute atomic E-state index is 12.5. The lowest BCUT2D eigenvalue weighted by Crippen LogP contribution is -2.45. The van der Waals surface area contributed by atoms with Gasteiger partial charge in [0, 0.05) is 20.1 Å². The number of amides is 2. The number of nitrogens with one attached hydrogen (secondary N) is 2. The van der Waals surface area contributed by atoms with E-state index in [4.69, 9.17) is 0 Å². The second-order valence-corrected chi connectivity index (χ2v) is 4.98. The van der Waals surface area contributed by atoms with Crippen LogP contribution in [0.25, 0.3) is 0 Å². The quantitative estimate of drug-likeness (QED) is 0.839. The fourth-order valence-electron chi connectivity index (χ4n) is 2.49. The lowest BCUT2D eigenvalue weighted by Gasteiger charge is -2.29. The summed E-state index contributed by atoms with van der Waals surface area (Å²) >= 11 is 0. The fourth-order valence-corrected chi connectivity index (χ4v) is 2.49. The molecule has 1 heterocycles. The fraction of sp³-hybridized carbons (Fsp3) is 0.467. The Hall–Kier alpha value is -1.88. The summed E-state index contributed by atoms with van der Waals surface area (Å²) in [7, 11) is 1.66. The van der Waals surface area contributed by atoms with Gasteiger partial charge in [0.05, 0.1) is 6.54 Å². The van der Waals surface area contributed by atoms with E-state index in [0.29, 0.717) is 6.54 Å². The molecule has 5 nitrogen and oxygen atoms in total. The average molecular weight is 275 g/mol. The van der Waals surface area contributed by atoms with Crippen LogP contribution in [0.1, 0.15) is 24.1 Å². The van der Waals surface area contributed by atoms with Crippen LogP contribution in [-0.2, 0) is 16.0 Å². The molecule has 0 saturated heterocycles. The molecule has 0 radical (unpaired) electrons. The Morgan fingerprint density at radius 2 is 2.15 bits per heavy atom. The number of carbonyl (C=O) groups is 2. The molecule has 108 valence electrons. The van der Waals surface area contributed by atoms with E-state index in [2.05, 4.69) is 16.7 Å². The van der Waals surface area contributed by atoms with Crippen molar-refractivity contribution in [1.29, 1.82) is 0 Å². The van der Waals surface area contributed by atoms with Crippen molar-refractivity contribution >= 4 is 11.8 Å². The molecule has 0 saturated carbocycles. The summed E-state index contributed by atoms with van der Waals surface area (Å²) in [6.45, 7) is 3.31. The second-order valence-electron chi connectivity index (χ2n) is 4.98. The number of carbonyl (C=O) groups excluding carboxylic acids is 2. The maximum atomic E-state index is 12.5. The van der Waals surface area contributed by atoms with Crippen molar-refractivity contribution in [1.82, 2.24) is 15.5 Å². The molecule has 1 aliphatic rings. The van der Waals surface area contributed by atoms with Crippen molar-refractivity contribution in [2.75, 3.05) is 26.7 Å². The van der Waals surface area contributed by atoms with Gasteiger partial charge in [0.15, 0.2) is 0 Å². The normalized spacial score (nSPS) is 17.2. The SMILES string of the molecule is CCNC(=O)CN(C)C(=O)C1NCCc2ccccc21. The maximum Gasteiger partial charge on any atom is 0.244 e. The molecule has 2 rings (SSSR count). The van der Waals surface area contributed by atoms with Crippen LogP contribution in [0.2, 0.25) is 0 Å². The first-order valence-corrected chi connectivity index (χ1v) is 6.96. The molecule has 1 aromatic rings. The number of likely N-dealkylation sites (N-methyl/N-ethyl adjacent to an activating group) is 2. The molecule has 2 amide bonds. The number of hydrogen-bond acceptors (Lipinski definition) is 3. The summed E-state index contributed by atoms with van der Waals surface area (Å²) in [4.78, 5) is 25.5. The van der Waals surface area contributed by atoms with Crippen molar-refractivity contribution in [3.8, 4) is 0 Å². The van der Waals surface area contributed by atoms with E-state index < -0.39 is 0 Å². The number of hydrogen-bond donors (Lipinski definition) is 2. The molecule has 0 aliphatic carbocycles. The number of fused-ring (bicyclic) bond motifs is 1. The molecule has 20 heavy (non-hydrogen) atoms. The zero-order valence-corrected chi connectivity index (χ0v) is 12.0. The van der Waals surface area contributed by atoms with Crippen LogP contribution in [0, 0.1) is 0 Å². The third kappa shape index (κ3) is 3.17. The molecule has 1 atom stereocenters. The third-order valence-electron chi connectivity index (χ3n) is 3.49. The van der Waals surface area contributed by atoms with Gasteiger partial charge in [-0.3, -0.25) is 9.59 Å². The summed E-state index contributed by atoms with van der Waals surface area (Å²) in [6.07, 6.45) is 0.931. The molecule has 0 spiro atoms. The van der Waals surface area contributed by atoms with Crippen LogP contribution in [0.15, 0.2) is 24.3 Å². The van der Waals surface area contributed by atoms with E-state index in [-0.39, 0.29) is 24.4 Å². The highest BCUT2D eigenvalue weighted by molar-refractivity contribution is 5.88. The topological polar surface area (TPSA) is 61.4 Å². The van der Waals surface area contributed by atoms with E-state index in [1.165, 1.54) is 10.5 Å². The monoisotopic (exact) mass is 275 g/mol. The van der Waals surface area contributed by atoms with Crippen molar-refractivity contribution in [2.45, 2.75) is 19.4 Å². The van der Waals surface area contributed by atoms with Gasteiger partial charge in [-0.1, -0.05) is 24.3 Å². The Kier molecular flexibility index (Phi) is 4.74. The lowest BCUT2D eigenvalue weighted by atomic mass is 9.93. The lowest BCUT2D eigenvalue weighted by molar-refractivity contribution is -0.136. The molecular weight excluding hydrogens is 254 g/mol. The number of nitrogens with zero attached hydrogens (tertiary/aromatic N) is 1. The minimum atomic E-state index is -0.348. The zero-order chi connectivity index (χ0) is 14.5. The molecule has 2 N–H and O–H groups in total. The van der Waals surface area contributed by atoms with Crippen molar-refractivity contribution in [3.63, 3.8) is 0 Å². The van der Waals surface area contributed by atoms with E-state index in [1.807, 2.05) is 25.1 Å². The van der Waals surface area contributed by atoms with Gasteiger partial charge in [-0.25, -0.2) is 0 Å². The van der Waals surface area contributed by atoms with Crippen LogP contribution in [0.3, 0.4) is 0 Å². The molecule has 1 aromatic carbocycles. The van der Waals surface area contributed by atoms with E-state index in [9.17, 15) is 9.59 Å². The smallest absolute Gasteiger partial charge is 0.244 e. The highest BCUT2D eigenvalue weighted by Gasteiger charge is 2.28. The van der Waals surface area contributed by atoms with E-state index >= 15 is 0 Å². The van der Waals surface area contributed by atoms with Crippen LogP contribution in [0.4, 0.5) is 0 Å². The Balaban J connectivity index is 2.08. The zero-order valence-electron chi connectivity index (χ0n) is 12.0. The summed E-state index contributed by atoms with van der Waals surface area (Å²) in [5.74, 6) is -0.198. The first-order valence-electron chi connectivity index (χ1n) is 6.96.